The Balaban J connectivity index is 1.27. The van der Waals surface area contributed by atoms with E-state index < -0.39 is 0 Å². The van der Waals surface area contributed by atoms with E-state index in [0.29, 0.717) is 0 Å². The van der Waals surface area contributed by atoms with Crippen molar-refractivity contribution in [1.82, 2.24) is 0 Å². The van der Waals surface area contributed by atoms with E-state index in [9.17, 15) is 0 Å². The molecular formula is C49H46N2. The highest BCUT2D eigenvalue weighted by atomic mass is 15.2. The van der Waals surface area contributed by atoms with Gasteiger partial charge in [0.25, 0.3) is 0 Å². The average molecular weight is 663 g/mol. The molecule has 0 saturated heterocycles. The molecule has 4 aliphatic rings. The van der Waals surface area contributed by atoms with Crippen LogP contribution in [0.25, 0.3) is 11.1 Å². The van der Waals surface area contributed by atoms with Crippen molar-refractivity contribution in [1.29, 1.82) is 0 Å². The SMILES string of the molecule is Cc1cccc(N(c2ccc3c(c2)C(C)(C)c2ccccc2-3)c2cc3c4c(c2)C(C)(C)c2cccc5c2N4c2c(cccc2C3(C)C)C5(C)C)c1. The van der Waals surface area contributed by atoms with Gasteiger partial charge in [-0.05, 0) is 105 Å². The molecule has 0 unspecified atom stereocenters. The molecule has 2 heteroatoms. The van der Waals surface area contributed by atoms with Gasteiger partial charge in [-0.25, -0.2) is 0 Å². The van der Waals surface area contributed by atoms with Crippen LogP contribution in [0.3, 0.4) is 0 Å². The third-order valence-electron chi connectivity index (χ3n) is 13.2. The van der Waals surface area contributed by atoms with E-state index in [2.05, 4.69) is 187 Å². The van der Waals surface area contributed by atoms with Gasteiger partial charge in [0, 0.05) is 38.7 Å². The van der Waals surface area contributed by atoms with E-state index in [0.717, 1.165) is 0 Å². The van der Waals surface area contributed by atoms with Crippen molar-refractivity contribution in [2.45, 2.75) is 84.0 Å². The van der Waals surface area contributed by atoms with Crippen LogP contribution in [0.2, 0.25) is 0 Å². The predicted octanol–water partition coefficient (Wildman–Crippen LogP) is 13.2. The number of anilines is 6. The molecule has 10 rings (SSSR count). The van der Waals surface area contributed by atoms with Crippen LogP contribution < -0.4 is 9.80 Å². The minimum absolute atomic E-state index is 0.0864. The molecule has 0 bridgehead atoms. The van der Waals surface area contributed by atoms with Crippen LogP contribution in [0.4, 0.5) is 34.1 Å². The highest BCUT2D eigenvalue weighted by Gasteiger charge is 2.52. The van der Waals surface area contributed by atoms with Crippen LogP contribution in [0.5, 0.6) is 0 Å². The highest BCUT2D eigenvalue weighted by molar-refractivity contribution is 5.99. The van der Waals surface area contributed by atoms with E-state index in [1.54, 1.807) is 0 Å². The molecule has 6 aromatic carbocycles. The number of para-hydroxylation sites is 2. The van der Waals surface area contributed by atoms with Gasteiger partial charge in [-0.15, -0.1) is 0 Å². The Bertz CT molecular complexity index is 2420. The number of aryl methyl sites for hydroxylation is 1. The van der Waals surface area contributed by atoms with Crippen molar-refractivity contribution < 1.29 is 0 Å². The first-order valence-electron chi connectivity index (χ1n) is 18.6. The lowest BCUT2D eigenvalue weighted by atomic mass is 9.61. The lowest BCUT2D eigenvalue weighted by Crippen LogP contribution is -2.43. The fourth-order valence-corrected chi connectivity index (χ4v) is 10.3. The molecule has 0 atom stereocenters. The lowest BCUT2D eigenvalue weighted by Gasteiger charge is -2.55. The second-order valence-corrected chi connectivity index (χ2v) is 17.6. The molecule has 1 aliphatic carbocycles. The van der Waals surface area contributed by atoms with Gasteiger partial charge in [0.05, 0.1) is 17.1 Å². The number of hydrogen-bond acceptors (Lipinski definition) is 2. The Morgan fingerprint density at radius 2 is 0.804 bits per heavy atom. The molecule has 6 aromatic rings. The third-order valence-corrected chi connectivity index (χ3v) is 13.2. The predicted molar refractivity (Wildman–Crippen MR) is 214 cm³/mol. The number of benzene rings is 6. The molecule has 0 fully saturated rings. The summed E-state index contributed by atoms with van der Waals surface area (Å²) in [6.07, 6.45) is 0. The summed E-state index contributed by atoms with van der Waals surface area (Å²) in [6, 6.07) is 44.3. The Labute approximate surface area is 303 Å². The van der Waals surface area contributed by atoms with Crippen molar-refractivity contribution >= 4 is 34.1 Å². The first-order valence-corrected chi connectivity index (χ1v) is 18.6. The van der Waals surface area contributed by atoms with Gasteiger partial charge in [0.2, 0.25) is 0 Å². The van der Waals surface area contributed by atoms with E-state index >= 15 is 0 Å². The summed E-state index contributed by atoms with van der Waals surface area (Å²) < 4.78 is 0. The molecule has 0 radical (unpaired) electrons. The summed E-state index contributed by atoms with van der Waals surface area (Å²) in [7, 11) is 0. The van der Waals surface area contributed by atoms with Crippen molar-refractivity contribution in [3.63, 3.8) is 0 Å². The highest BCUT2D eigenvalue weighted by Crippen LogP contribution is 2.66. The van der Waals surface area contributed by atoms with Crippen molar-refractivity contribution in [3.05, 3.63) is 165 Å². The topological polar surface area (TPSA) is 6.48 Å². The Morgan fingerprint density at radius 1 is 0.373 bits per heavy atom. The van der Waals surface area contributed by atoms with Gasteiger partial charge in [-0.2, -0.15) is 0 Å². The van der Waals surface area contributed by atoms with Gasteiger partial charge >= 0.3 is 0 Å². The molecule has 3 heterocycles. The molecule has 0 N–H and O–H groups in total. The summed E-state index contributed by atoms with van der Waals surface area (Å²) in [5.74, 6) is 0. The monoisotopic (exact) mass is 662 g/mol. The third kappa shape index (κ3) is 3.73. The summed E-state index contributed by atoms with van der Waals surface area (Å²) in [6.45, 7) is 21.6. The number of fused-ring (bicyclic) bond motifs is 3. The van der Waals surface area contributed by atoms with Gasteiger partial charge in [0.1, 0.15) is 0 Å². The zero-order valence-corrected chi connectivity index (χ0v) is 31.4. The standard InChI is InChI=1S/C49H46N2/c1-29-15-12-16-30(25-29)50(31-23-24-34-33-17-10-11-18-35(33)46(2,3)40(34)26-31)32-27-41-45-42(28-32)49(8,9)39-22-14-20-37-44(39)51(45)43-36(47(37,4)5)19-13-21-38(43)48(41,6)7/h10-28H,1-9H3. The lowest BCUT2D eigenvalue weighted by molar-refractivity contribution is 0.566. The first-order chi connectivity index (χ1) is 24.2. The molecule has 51 heavy (non-hydrogen) atoms. The quantitative estimate of drug-likeness (QED) is 0.186. The van der Waals surface area contributed by atoms with Crippen LogP contribution in [0, 0.1) is 6.92 Å². The maximum absolute atomic E-state index is 2.66. The molecule has 2 nitrogen and oxygen atoms in total. The fourth-order valence-electron chi connectivity index (χ4n) is 10.3. The summed E-state index contributed by atoms with van der Waals surface area (Å²) >= 11 is 0. The Kier molecular flexibility index (Phi) is 5.79. The molecular weight excluding hydrogens is 617 g/mol. The molecule has 0 saturated carbocycles. The van der Waals surface area contributed by atoms with Gasteiger partial charge in [-0.3, -0.25) is 0 Å². The second kappa shape index (κ2) is 9.62. The van der Waals surface area contributed by atoms with Crippen molar-refractivity contribution in [2.24, 2.45) is 0 Å². The van der Waals surface area contributed by atoms with E-state index in [-0.39, 0.29) is 21.7 Å². The van der Waals surface area contributed by atoms with Crippen LogP contribution in [0.15, 0.2) is 115 Å². The first kappa shape index (κ1) is 30.7. The van der Waals surface area contributed by atoms with E-state index in [1.807, 2.05) is 0 Å². The van der Waals surface area contributed by atoms with Crippen molar-refractivity contribution in [3.8, 4) is 11.1 Å². The summed E-state index contributed by atoms with van der Waals surface area (Å²) in [4.78, 5) is 5.18. The van der Waals surface area contributed by atoms with Gasteiger partial charge in [-0.1, -0.05) is 134 Å². The molecule has 0 aromatic heterocycles. The molecule has 0 spiro atoms. The minimum atomic E-state index is -0.211. The molecule has 0 amide bonds. The summed E-state index contributed by atoms with van der Waals surface area (Å²) in [5, 5.41) is 0. The normalized spacial score (nSPS) is 18.1. The van der Waals surface area contributed by atoms with Crippen LogP contribution in [-0.2, 0) is 21.7 Å². The van der Waals surface area contributed by atoms with E-state index in [4.69, 9.17) is 0 Å². The average Bonchev–Trinajstić information content (AvgIpc) is 3.33. The number of hydrogen-bond donors (Lipinski definition) is 0. The smallest absolute Gasteiger partial charge is 0.0545 e. The van der Waals surface area contributed by atoms with Crippen LogP contribution in [-0.4, -0.2) is 0 Å². The zero-order chi connectivity index (χ0) is 35.4. The second-order valence-electron chi connectivity index (χ2n) is 17.6. The van der Waals surface area contributed by atoms with Crippen LogP contribution >= 0.6 is 0 Å². The molecule has 3 aliphatic heterocycles. The van der Waals surface area contributed by atoms with Crippen molar-refractivity contribution in [2.75, 3.05) is 9.80 Å². The minimum Gasteiger partial charge on any atom is -0.310 e. The van der Waals surface area contributed by atoms with Gasteiger partial charge in [0.15, 0.2) is 0 Å². The van der Waals surface area contributed by atoms with Crippen LogP contribution in [0.1, 0.15) is 105 Å². The number of rotatable bonds is 3. The maximum Gasteiger partial charge on any atom is 0.0545 e. The fraction of sp³-hybridized carbons (Fsp3) is 0.265. The van der Waals surface area contributed by atoms with Gasteiger partial charge < -0.3 is 9.80 Å². The zero-order valence-electron chi connectivity index (χ0n) is 31.4. The summed E-state index contributed by atoms with van der Waals surface area (Å²) in [5.41, 5.74) is 22.3. The Morgan fingerprint density at radius 3 is 1.39 bits per heavy atom. The maximum atomic E-state index is 2.66. The molecule has 252 valence electrons. The van der Waals surface area contributed by atoms with E-state index in [1.165, 1.54) is 95.3 Å². The largest absolute Gasteiger partial charge is 0.310 e. The number of nitrogens with zero attached hydrogens (tertiary/aromatic N) is 2. The Hall–Kier alpha value is -5.08.